The van der Waals surface area contributed by atoms with Crippen LogP contribution in [0.25, 0.3) is 0 Å². The van der Waals surface area contributed by atoms with Gasteiger partial charge in [-0.25, -0.2) is 0 Å². The number of anilines is 2. The van der Waals surface area contributed by atoms with E-state index in [0.717, 1.165) is 13.1 Å². The summed E-state index contributed by atoms with van der Waals surface area (Å²) in [5, 5.41) is 9.45. The number of carboxylic acid groups (broad SMARTS) is 1. The van der Waals surface area contributed by atoms with Crippen molar-refractivity contribution in [1.29, 1.82) is 0 Å². The number of aliphatic carboxylic acids is 1. The van der Waals surface area contributed by atoms with Crippen molar-refractivity contribution in [3.63, 3.8) is 0 Å². The molecule has 2 heterocycles. The van der Waals surface area contributed by atoms with Crippen molar-refractivity contribution in [3.05, 3.63) is 58.1 Å². The number of hydrogen-bond donors (Lipinski definition) is 1. The van der Waals surface area contributed by atoms with Gasteiger partial charge in [0.1, 0.15) is 0 Å². The minimum absolute atomic E-state index is 0.0446. The molecule has 32 heavy (non-hydrogen) atoms. The van der Waals surface area contributed by atoms with Gasteiger partial charge in [-0.2, -0.15) is 0 Å². The molecule has 0 spiro atoms. The molecular weight excluding hydrogens is 430 g/mol. The Balaban J connectivity index is 1.43. The van der Waals surface area contributed by atoms with Crippen LogP contribution in [0.15, 0.2) is 36.4 Å². The Bertz CT molecular complexity index is 1080. The van der Waals surface area contributed by atoms with Crippen LogP contribution >= 0.6 is 11.6 Å². The summed E-state index contributed by atoms with van der Waals surface area (Å²) in [7, 11) is 0. The maximum Gasteiger partial charge on any atom is 0.308 e. The molecule has 2 saturated heterocycles. The summed E-state index contributed by atoms with van der Waals surface area (Å²) in [6.45, 7) is 6.98. The summed E-state index contributed by atoms with van der Waals surface area (Å²) in [5.41, 5.74) is 4.56. The number of benzene rings is 2. The Morgan fingerprint density at radius 2 is 1.69 bits per heavy atom. The highest BCUT2D eigenvalue weighted by atomic mass is 35.5. The number of halogens is 1. The summed E-state index contributed by atoms with van der Waals surface area (Å²) in [6, 6.07) is 11.3. The van der Waals surface area contributed by atoms with Crippen LogP contribution in [0.4, 0.5) is 11.4 Å². The average molecular weight is 456 g/mol. The number of rotatable bonds is 4. The predicted molar refractivity (Wildman–Crippen MR) is 124 cm³/mol. The largest absolute Gasteiger partial charge is 0.481 e. The molecule has 0 aromatic heterocycles. The second kappa shape index (κ2) is 8.82. The Kier molecular flexibility index (Phi) is 6.11. The number of nitrogens with zero attached hydrogens (tertiary/aromatic N) is 3. The van der Waals surface area contributed by atoms with Gasteiger partial charge < -0.3 is 19.8 Å². The first-order valence-electron chi connectivity index (χ1n) is 10.7. The van der Waals surface area contributed by atoms with Gasteiger partial charge in [0.15, 0.2) is 0 Å². The first-order valence-corrected chi connectivity index (χ1v) is 11.1. The fraction of sp³-hybridized carbons (Fsp3) is 0.375. The fourth-order valence-electron chi connectivity index (χ4n) is 4.46. The molecule has 1 unspecified atom stereocenters. The lowest BCUT2D eigenvalue weighted by atomic mass is 10.1. The molecule has 2 aliphatic heterocycles. The molecule has 4 rings (SSSR count). The maximum atomic E-state index is 13.0. The Morgan fingerprint density at radius 3 is 2.28 bits per heavy atom. The van der Waals surface area contributed by atoms with Gasteiger partial charge in [-0.3, -0.25) is 14.4 Å². The lowest BCUT2D eigenvalue weighted by Crippen LogP contribution is -2.49. The number of carboxylic acids is 1. The average Bonchev–Trinajstić information content (AvgIpc) is 3.15. The van der Waals surface area contributed by atoms with Crippen LogP contribution in [0.3, 0.4) is 0 Å². The van der Waals surface area contributed by atoms with Crippen molar-refractivity contribution in [1.82, 2.24) is 4.90 Å². The molecule has 168 valence electrons. The highest BCUT2D eigenvalue weighted by molar-refractivity contribution is 6.34. The Labute approximate surface area is 192 Å². The van der Waals surface area contributed by atoms with E-state index in [9.17, 15) is 19.5 Å². The monoisotopic (exact) mass is 455 g/mol. The lowest BCUT2D eigenvalue weighted by molar-refractivity contribution is -0.141. The zero-order chi connectivity index (χ0) is 23.0. The van der Waals surface area contributed by atoms with Gasteiger partial charge in [0.05, 0.1) is 16.6 Å². The van der Waals surface area contributed by atoms with E-state index in [1.54, 1.807) is 18.2 Å². The number of aryl methyl sites for hydroxylation is 2. The molecule has 2 aliphatic rings. The molecule has 0 saturated carbocycles. The lowest BCUT2D eigenvalue weighted by Gasteiger charge is -2.37. The zero-order valence-corrected chi connectivity index (χ0v) is 18.9. The molecule has 1 atom stereocenters. The van der Waals surface area contributed by atoms with Gasteiger partial charge in [0, 0.05) is 50.4 Å². The van der Waals surface area contributed by atoms with Crippen molar-refractivity contribution >= 4 is 40.8 Å². The quantitative estimate of drug-likeness (QED) is 0.764. The molecule has 1 N–H and O–H groups in total. The molecular formula is C24H26ClN3O4. The van der Waals surface area contributed by atoms with Crippen molar-refractivity contribution in [3.8, 4) is 0 Å². The standard InChI is InChI=1S/C24H26ClN3O4/c1-15-3-5-20(16(2)11-15)26-7-9-27(10-8-26)23(30)17-4-6-21(19(25)12-17)28-14-18(24(31)32)13-22(28)29/h3-6,11-12,18H,7-10,13-14H2,1-2H3,(H,31,32). The maximum absolute atomic E-state index is 13.0. The molecule has 2 amide bonds. The van der Waals surface area contributed by atoms with Gasteiger partial charge in [0.25, 0.3) is 5.91 Å². The Morgan fingerprint density at radius 1 is 1.00 bits per heavy atom. The molecule has 8 heteroatoms. The van der Waals surface area contributed by atoms with E-state index >= 15 is 0 Å². The van der Waals surface area contributed by atoms with Crippen LogP contribution < -0.4 is 9.80 Å². The normalized spacial score (nSPS) is 18.9. The number of amides is 2. The van der Waals surface area contributed by atoms with Gasteiger partial charge >= 0.3 is 5.97 Å². The van der Waals surface area contributed by atoms with Crippen LogP contribution in [0.2, 0.25) is 5.02 Å². The SMILES string of the molecule is Cc1ccc(N2CCN(C(=O)c3ccc(N4CC(C(=O)O)CC4=O)c(Cl)c3)CC2)c(C)c1. The smallest absolute Gasteiger partial charge is 0.308 e. The summed E-state index contributed by atoms with van der Waals surface area (Å²) in [6.07, 6.45) is -0.0446. The van der Waals surface area contributed by atoms with Crippen LogP contribution in [-0.2, 0) is 9.59 Å². The molecule has 2 aromatic rings. The third-order valence-electron chi connectivity index (χ3n) is 6.22. The van der Waals surface area contributed by atoms with Gasteiger partial charge in [-0.15, -0.1) is 0 Å². The van der Waals surface area contributed by atoms with E-state index in [2.05, 4.69) is 36.9 Å². The van der Waals surface area contributed by atoms with Crippen molar-refractivity contribution in [2.75, 3.05) is 42.5 Å². The minimum Gasteiger partial charge on any atom is -0.481 e. The number of carbonyl (C=O) groups excluding carboxylic acids is 2. The highest BCUT2D eigenvalue weighted by Crippen LogP contribution is 2.32. The third kappa shape index (κ3) is 4.30. The molecule has 0 radical (unpaired) electrons. The van der Waals surface area contributed by atoms with Gasteiger partial charge in [-0.05, 0) is 43.7 Å². The minimum atomic E-state index is -0.997. The molecule has 7 nitrogen and oxygen atoms in total. The summed E-state index contributed by atoms with van der Waals surface area (Å²) in [5.74, 6) is -2.12. The van der Waals surface area contributed by atoms with Crippen molar-refractivity contribution < 1.29 is 19.5 Å². The topological polar surface area (TPSA) is 81.2 Å². The van der Waals surface area contributed by atoms with Crippen molar-refractivity contribution in [2.45, 2.75) is 20.3 Å². The van der Waals surface area contributed by atoms with Crippen LogP contribution in [0.5, 0.6) is 0 Å². The first-order chi connectivity index (χ1) is 15.2. The van der Waals surface area contributed by atoms with E-state index in [1.165, 1.54) is 21.7 Å². The van der Waals surface area contributed by atoms with E-state index in [0.29, 0.717) is 24.3 Å². The molecule has 0 aliphatic carbocycles. The highest BCUT2D eigenvalue weighted by Gasteiger charge is 2.36. The van der Waals surface area contributed by atoms with Crippen LogP contribution in [-0.4, -0.2) is 60.5 Å². The third-order valence-corrected chi connectivity index (χ3v) is 6.52. The Hall–Kier alpha value is -3.06. The van der Waals surface area contributed by atoms with E-state index < -0.39 is 11.9 Å². The van der Waals surface area contributed by atoms with E-state index in [-0.39, 0.29) is 29.8 Å². The number of carbonyl (C=O) groups is 3. The van der Waals surface area contributed by atoms with Crippen LogP contribution in [0, 0.1) is 19.8 Å². The second-order valence-corrected chi connectivity index (χ2v) is 8.89. The number of piperazine rings is 1. The van der Waals surface area contributed by atoms with E-state index in [4.69, 9.17) is 11.6 Å². The molecule has 2 aromatic carbocycles. The van der Waals surface area contributed by atoms with Crippen LogP contribution in [0.1, 0.15) is 27.9 Å². The first kappa shape index (κ1) is 22.1. The predicted octanol–water partition coefficient (Wildman–Crippen LogP) is 3.36. The zero-order valence-electron chi connectivity index (χ0n) is 18.2. The summed E-state index contributed by atoms with van der Waals surface area (Å²) < 4.78 is 0. The van der Waals surface area contributed by atoms with Crippen molar-refractivity contribution in [2.24, 2.45) is 5.92 Å². The fourth-order valence-corrected chi connectivity index (χ4v) is 4.74. The van der Waals surface area contributed by atoms with Gasteiger partial charge in [0.2, 0.25) is 5.91 Å². The van der Waals surface area contributed by atoms with E-state index in [1.807, 2.05) is 4.90 Å². The summed E-state index contributed by atoms with van der Waals surface area (Å²) >= 11 is 6.40. The second-order valence-electron chi connectivity index (χ2n) is 8.48. The number of hydrogen-bond acceptors (Lipinski definition) is 4. The summed E-state index contributed by atoms with van der Waals surface area (Å²) in [4.78, 5) is 42.0. The van der Waals surface area contributed by atoms with Gasteiger partial charge in [-0.1, -0.05) is 29.3 Å². The molecule has 2 fully saturated rings. The molecule has 0 bridgehead atoms.